The molecule has 0 spiro atoms. The summed E-state index contributed by atoms with van der Waals surface area (Å²) in [6.45, 7) is 2.26. The average molecular weight is 306 g/mol. The molecule has 0 radical (unpaired) electrons. The maximum Gasteiger partial charge on any atom is 0.319 e. The molecule has 0 N–H and O–H groups in total. The van der Waals surface area contributed by atoms with Crippen LogP contribution in [-0.2, 0) is 14.9 Å². The van der Waals surface area contributed by atoms with Gasteiger partial charge in [0.2, 0.25) is 4.96 Å². The molecule has 2 fully saturated rings. The van der Waals surface area contributed by atoms with Crippen LogP contribution in [0.1, 0.15) is 62.2 Å². The van der Waals surface area contributed by atoms with E-state index < -0.39 is 5.41 Å². The monoisotopic (exact) mass is 306 g/mol. The van der Waals surface area contributed by atoms with Gasteiger partial charge in [0.05, 0.1) is 6.61 Å². The van der Waals surface area contributed by atoms with E-state index in [4.69, 9.17) is 4.74 Å². The van der Waals surface area contributed by atoms with Crippen molar-refractivity contribution in [2.75, 3.05) is 6.61 Å². The smallest absolute Gasteiger partial charge is 0.319 e. The zero-order valence-electron chi connectivity index (χ0n) is 12.0. The van der Waals surface area contributed by atoms with Gasteiger partial charge >= 0.3 is 5.97 Å². The first kappa shape index (κ1) is 13.2. The zero-order chi connectivity index (χ0) is 14.4. The number of aromatic nitrogens is 4. The first-order valence-corrected chi connectivity index (χ1v) is 8.46. The van der Waals surface area contributed by atoms with E-state index in [-0.39, 0.29) is 5.97 Å². The Hall–Kier alpha value is -1.50. The molecule has 2 aliphatic rings. The minimum atomic E-state index is -0.530. The van der Waals surface area contributed by atoms with Crippen LogP contribution < -0.4 is 0 Å². The lowest BCUT2D eigenvalue weighted by molar-refractivity contribution is -0.153. The minimum absolute atomic E-state index is 0.133. The molecule has 2 aromatic heterocycles. The molecule has 21 heavy (non-hydrogen) atoms. The van der Waals surface area contributed by atoms with Gasteiger partial charge in [-0.2, -0.15) is 9.61 Å². The van der Waals surface area contributed by atoms with Crippen LogP contribution in [0.4, 0.5) is 0 Å². The van der Waals surface area contributed by atoms with Crippen LogP contribution in [0.25, 0.3) is 4.96 Å². The van der Waals surface area contributed by atoms with Gasteiger partial charge in [-0.15, -0.1) is 10.2 Å². The highest BCUT2D eigenvalue weighted by Crippen LogP contribution is 2.46. The molecule has 0 aromatic carbocycles. The first-order valence-electron chi connectivity index (χ1n) is 7.64. The Morgan fingerprint density at radius 2 is 2.19 bits per heavy atom. The quantitative estimate of drug-likeness (QED) is 0.811. The summed E-state index contributed by atoms with van der Waals surface area (Å²) in [6, 6.07) is 0. The van der Waals surface area contributed by atoms with Crippen LogP contribution in [-0.4, -0.2) is 32.4 Å². The molecule has 112 valence electrons. The second-order valence-electron chi connectivity index (χ2n) is 5.94. The van der Waals surface area contributed by atoms with Gasteiger partial charge in [0.1, 0.15) is 10.4 Å². The molecule has 0 unspecified atom stereocenters. The topological polar surface area (TPSA) is 69.4 Å². The number of nitrogens with zero attached hydrogens (tertiary/aromatic N) is 4. The molecule has 0 atom stereocenters. The standard InChI is InChI=1S/C14H18N4O2S/c1-2-20-12(19)14(7-4-8-14)11-17-18-10(9-5-3-6-9)15-16-13(18)21-11/h9H,2-8H2,1H3. The van der Waals surface area contributed by atoms with Crippen LogP contribution in [0.5, 0.6) is 0 Å². The molecule has 0 aliphatic heterocycles. The lowest BCUT2D eigenvalue weighted by atomic mass is 9.69. The molecule has 0 bridgehead atoms. The Bertz CT molecular complexity index is 684. The fourth-order valence-electron chi connectivity index (χ4n) is 3.05. The average Bonchev–Trinajstić information content (AvgIpc) is 2.88. The number of ether oxygens (including phenoxy) is 1. The van der Waals surface area contributed by atoms with E-state index in [1.165, 1.54) is 17.8 Å². The molecule has 2 aliphatic carbocycles. The minimum Gasteiger partial charge on any atom is -0.465 e. The Morgan fingerprint density at radius 1 is 1.38 bits per heavy atom. The van der Waals surface area contributed by atoms with Gasteiger partial charge in [-0.3, -0.25) is 4.79 Å². The maximum absolute atomic E-state index is 12.3. The van der Waals surface area contributed by atoms with Crippen molar-refractivity contribution in [3.8, 4) is 0 Å². The van der Waals surface area contributed by atoms with Crippen molar-refractivity contribution in [2.45, 2.75) is 56.8 Å². The third-order valence-corrected chi connectivity index (χ3v) is 5.87. The molecule has 6 nitrogen and oxygen atoms in total. The predicted molar refractivity (Wildman–Crippen MR) is 77.4 cm³/mol. The number of esters is 1. The lowest BCUT2D eigenvalue weighted by Crippen LogP contribution is -2.43. The SMILES string of the molecule is CCOC(=O)C1(c2nn3c(C4CCC4)nnc3s2)CCC1. The highest BCUT2D eigenvalue weighted by molar-refractivity contribution is 7.17. The molecule has 0 saturated heterocycles. The van der Waals surface area contributed by atoms with Gasteiger partial charge in [-0.25, -0.2) is 0 Å². The van der Waals surface area contributed by atoms with Crippen molar-refractivity contribution >= 4 is 22.3 Å². The number of carbonyl (C=O) groups excluding carboxylic acids is 1. The highest BCUT2D eigenvalue weighted by atomic mass is 32.1. The molecule has 2 heterocycles. The molecule has 4 rings (SSSR count). The van der Waals surface area contributed by atoms with Gasteiger partial charge in [0.15, 0.2) is 5.82 Å². The summed E-state index contributed by atoms with van der Waals surface area (Å²) in [7, 11) is 0. The van der Waals surface area contributed by atoms with Crippen LogP contribution in [0.3, 0.4) is 0 Å². The Kier molecular flexibility index (Phi) is 2.99. The molecule has 2 aromatic rings. The van der Waals surface area contributed by atoms with Gasteiger partial charge in [0, 0.05) is 5.92 Å². The van der Waals surface area contributed by atoms with E-state index in [0.717, 1.165) is 47.9 Å². The second kappa shape index (κ2) is 4.76. The Labute approximate surface area is 126 Å². The molecule has 0 amide bonds. The van der Waals surface area contributed by atoms with Crippen molar-refractivity contribution in [1.82, 2.24) is 19.8 Å². The molecule has 2 saturated carbocycles. The third kappa shape index (κ3) is 1.83. The first-order chi connectivity index (χ1) is 10.2. The van der Waals surface area contributed by atoms with Crippen LogP contribution in [0.15, 0.2) is 0 Å². The third-order valence-electron chi connectivity index (χ3n) is 4.77. The summed E-state index contributed by atoms with van der Waals surface area (Å²) in [6.07, 6.45) is 6.29. The number of fused-ring (bicyclic) bond motifs is 1. The normalized spacial score (nSPS) is 21.0. The molecular formula is C14H18N4O2S. The van der Waals surface area contributed by atoms with E-state index in [2.05, 4.69) is 15.3 Å². The summed E-state index contributed by atoms with van der Waals surface area (Å²) in [4.78, 5) is 13.1. The van der Waals surface area contributed by atoms with Crippen LogP contribution >= 0.6 is 11.3 Å². The van der Waals surface area contributed by atoms with Gasteiger partial charge < -0.3 is 4.74 Å². The maximum atomic E-state index is 12.3. The molecule has 7 heteroatoms. The Morgan fingerprint density at radius 3 is 2.76 bits per heavy atom. The van der Waals surface area contributed by atoms with Crippen molar-refractivity contribution in [3.05, 3.63) is 10.8 Å². The summed E-state index contributed by atoms with van der Waals surface area (Å²) in [5, 5.41) is 14.0. The van der Waals surface area contributed by atoms with E-state index in [0.29, 0.717) is 12.5 Å². The largest absolute Gasteiger partial charge is 0.465 e. The number of hydrogen-bond acceptors (Lipinski definition) is 6. The van der Waals surface area contributed by atoms with E-state index >= 15 is 0 Å². The fraction of sp³-hybridized carbons (Fsp3) is 0.714. The van der Waals surface area contributed by atoms with Crippen molar-refractivity contribution in [3.63, 3.8) is 0 Å². The second-order valence-corrected chi connectivity index (χ2v) is 6.90. The zero-order valence-corrected chi connectivity index (χ0v) is 12.9. The lowest BCUT2D eigenvalue weighted by Gasteiger charge is -2.36. The summed E-state index contributed by atoms with van der Waals surface area (Å²) >= 11 is 1.48. The Balaban J connectivity index is 1.72. The van der Waals surface area contributed by atoms with E-state index in [1.54, 1.807) is 0 Å². The fourth-order valence-corrected chi connectivity index (χ4v) is 4.13. The summed E-state index contributed by atoms with van der Waals surface area (Å²) in [5.41, 5.74) is -0.530. The van der Waals surface area contributed by atoms with Gasteiger partial charge in [-0.05, 0) is 32.6 Å². The van der Waals surface area contributed by atoms with Crippen molar-refractivity contribution < 1.29 is 9.53 Å². The molecular weight excluding hydrogens is 288 g/mol. The summed E-state index contributed by atoms with van der Waals surface area (Å²) < 4.78 is 7.12. The number of carbonyl (C=O) groups is 1. The van der Waals surface area contributed by atoms with Crippen molar-refractivity contribution in [1.29, 1.82) is 0 Å². The van der Waals surface area contributed by atoms with Gasteiger partial charge in [-0.1, -0.05) is 24.2 Å². The van der Waals surface area contributed by atoms with Crippen molar-refractivity contribution in [2.24, 2.45) is 0 Å². The number of hydrogen-bond donors (Lipinski definition) is 0. The van der Waals surface area contributed by atoms with Crippen LogP contribution in [0, 0.1) is 0 Å². The highest BCUT2D eigenvalue weighted by Gasteiger charge is 2.50. The van der Waals surface area contributed by atoms with Gasteiger partial charge in [0.25, 0.3) is 0 Å². The summed E-state index contributed by atoms with van der Waals surface area (Å²) in [5.74, 6) is 1.30. The number of rotatable bonds is 4. The van der Waals surface area contributed by atoms with Crippen LogP contribution in [0.2, 0.25) is 0 Å². The van der Waals surface area contributed by atoms with E-state index in [1.807, 2.05) is 11.4 Å². The predicted octanol–water partition coefficient (Wildman–Crippen LogP) is 2.44. The van der Waals surface area contributed by atoms with E-state index in [9.17, 15) is 4.79 Å².